The summed E-state index contributed by atoms with van der Waals surface area (Å²) >= 11 is 0. The Bertz CT molecular complexity index is 1010. The van der Waals surface area contributed by atoms with Gasteiger partial charge in [-0.25, -0.2) is 17.6 Å². The zero-order valence-corrected chi connectivity index (χ0v) is 14.9. The Morgan fingerprint density at radius 2 is 1.93 bits per heavy atom. The number of ether oxygens (including phenoxy) is 2. The number of esters is 1. The van der Waals surface area contributed by atoms with Gasteiger partial charge in [0.25, 0.3) is 0 Å². The number of morpholine rings is 1. The van der Waals surface area contributed by atoms with Gasteiger partial charge in [0, 0.05) is 13.1 Å². The van der Waals surface area contributed by atoms with Crippen molar-refractivity contribution < 1.29 is 27.1 Å². The van der Waals surface area contributed by atoms with Crippen LogP contribution in [0, 0.1) is 17.1 Å². The van der Waals surface area contributed by atoms with Crippen molar-refractivity contribution in [3.63, 3.8) is 0 Å². The van der Waals surface area contributed by atoms with E-state index in [0.29, 0.717) is 5.56 Å². The van der Waals surface area contributed by atoms with E-state index >= 15 is 0 Å². The summed E-state index contributed by atoms with van der Waals surface area (Å²) in [5.74, 6) is -1.69. The van der Waals surface area contributed by atoms with E-state index in [1.807, 2.05) is 6.07 Å². The minimum Gasteiger partial charge on any atom is -0.423 e. The van der Waals surface area contributed by atoms with Gasteiger partial charge < -0.3 is 9.47 Å². The second-order valence-corrected chi connectivity index (χ2v) is 7.60. The fourth-order valence-corrected chi connectivity index (χ4v) is 4.05. The number of hydrogen-bond donors (Lipinski definition) is 0. The summed E-state index contributed by atoms with van der Waals surface area (Å²) in [6.07, 6.45) is 0. The summed E-state index contributed by atoms with van der Waals surface area (Å²) in [4.78, 5) is 11.7. The number of sulfonamides is 1. The lowest BCUT2D eigenvalue weighted by Crippen LogP contribution is -2.41. The average Bonchev–Trinajstić information content (AvgIpc) is 2.69. The van der Waals surface area contributed by atoms with Crippen molar-refractivity contribution in [2.75, 3.05) is 26.3 Å². The van der Waals surface area contributed by atoms with Gasteiger partial charge in [-0.1, -0.05) is 6.07 Å². The summed E-state index contributed by atoms with van der Waals surface area (Å²) in [6, 6.07) is 10.9. The molecule has 1 aliphatic rings. The Kier molecular flexibility index (Phi) is 5.51. The van der Waals surface area contributed by atoms with E-state index in [1.54, 1.807) is 12.1 Å². The summed E-state index contributed by atoms with van der Waals surface area (Å²) in [6.45, 7) is 0.657. The van der Waals surface area contributed by atoms with Crippen LogP contribution in [-0.4, -0.2) is 45.0 Å². The van der Waals surface area contributed by atoms with Crippen molar-refractivity contribution in [2.45, 2.75) is 4.90 Å². The van der Waals surface area contributed by atoms with Gasteiger partial charge in [-0.2, -0.15) is 9.57 Å². The smallest absolute Gasteiger partial charge is 0.343 e. The Balaban J connectivity index is 1.88. The quantitative estimate of drug-likeness (QED) is 0.585. The maximum Gasteiger partial charge on any atom is 0.343 e. The zero-order valence-electron chi connectivity index (χ0n) is 14.1. The van der Waals surface area contributed by atoms with Crippen LogP contribution in [0.5, 0.6) is 5.75 Å². The van der Waals surface area contributed by atoms with Gasteiger partial charge in [0.05, 0.1) is 30.4 Å². The molecule has 0 unspecified atom stereocenters. The molecule has 0 radical (unpaired) electrons. The number of carbonyl (C=O) groups is 1. The van der Waals surface area contributed by atoms with Crippen molar-refractivity contribution in [1.29, 1.82) is 5.26 Å². The van der Waals surface area contributed by atoms with E-state index in [4.69, 9.17) is 14.7 Å². The third kappa shape index (κ3) is 4.14. The van der Waals surface area contributed by atoms with Crippen LogP contribution < -0.4 is 4.74 Å². The molecule has 0 atom stereocenters. The molecule has 1 saturated heterocycles. The molecule has 7 nitrogen and oxygen atoms in total. The Hall–Kier alpha value is -2.80. The largest absolute Gasteiger partial charge is 0.423 e. The van der Waals surface area contributed by atoms with Crippen molar-refractivity contribution in [2.24, 2.45) is 0 Å². The number of rotatable bonds is 4. The van der Waals surface area contributed by atoms with Crippen LogP contribution in [0.4, 0.5) is 4.39 Å². The number of nitriles is 1. The summed E-state index contributed by atoms with van der Waals surface area (Å²) in [5, 5.41) is 8.88. The first kappa shape index (κ1) is 19.0. The molecule has 1 heterocycles. The first-order valence-electron chi connectivity index (χ1n) is 8.01. The van der Waals surface area contributed by atoms with Gasteiger partial charge in [0.1, 0.15) is 16.5 Å². The first-order chi connectivity index (χ1) is 12.9. The second-order valence-electron chi connectivity index (χ2n) is 5.69. The predicted molar refractivity (Wildman–Crippen MR) is 92.1 cm³/mol. The lowest BCUT2D eigenvalue weighted by atomic mass is 10.2. The molecule has 0 spiro atoms. The molecule has 0 aliphatic carbocycles. The van der Waals surface area contributed by atoms with E-state index in [0.717, 1.165) is 22.5 Å². The standard InChI is InChI=1S/C18H15FN2O5S/c19-16-5-4-14(18(22)26-15-3-1-2-13(10-15)12-20)11-17(16)27(23,24)21-6-8-25-9-7-21/h1-5,10-11H,6-9H2. The molecule has 2 aromatic rings. The average molecular weight is 390 g/mol. The fourth-order valence-electron chi connectivity index (χ4n) is 2.55. The first-order valence-corrected chi connectivity index (χ1v) is 9.45. The van der Waals surface area contributed by atoms with Crippen molar-refractivity contribution in [3.05, 3.63) is 59.4 Å². The number of benzene rings is 2. The minimum absolute atomic E-state index is 0.109. The molecule has 0 N–H and O–H groups in total. The van der Waals surface area contributed by atoms with Gasteiger partial charge in [-0.3, -0.25) is 0 Å². The predicted octanol–water partition coefficient (Wildman–Crippen LogP) is 1.94. The van der Waals surface area contributed by atoms with Crippen LogP contribution in [0.25, 0.3) is 0 Å². The molecule has 1 aliphatic heterocycles. The molecule has 140 valence electrons. The molecule has 0 aromatic heterocycles. The second kappa shape index (κ2) is 7.84. The molecule has 0 bridgehead atoms. The fraction of sp³-hybridized carbons (Fsp3) is 0.222. The highest BCUT2D eigenvalue weighted by molar-refractivity contribution is 7.89. The number of nitrogens with zero attached hydrogens (tertiary/aromatic N) is 2. The van der Waals surface area contributed by atoms with Crippen molar-refractivity contribution in [1.82, 2.24) is 4.31 Å². The highest BCUT2D eigenvalue weighted by Gasteiger charge is 2.30. The van der Waals surface area contributed by atoms with E-state index in [1.165, 1.54) is 12.1 Å². The van der Waals surface area contributed by atoms with Gasteiger partial charge in [0.15, 0.2) is 0 Å². The topological polar surface area (TPSA) is 96.7 Å². The van der Waals surface area contributed by atoms with E-state index in [-0.39, 0.29) is 37.6 Å². The molecule has 9 heteroatoms. The van der Waals surface area contributed by atoms with Gasteiger partial charge in [-0.05, 0) is 36.4 Å². The maximum absolute atomic E-state index is 14.2. The highest BCUT2D eigenvalue weighted by Crippen LogP contribution is 2.23. The van der Waals surface area contributed by atoms with Crippen LogP contribution >= 0.6 is 0 Å². The molecular weight excluding hydrogens is 375 g/mol. The number of hydrogen-bond acceptors (Lipinski definition) is 6. The van der Waals surface area contributed by atoms with E-state index in [9.17, 15) is 17.6 Å². The lowest BCUT2D eigenvalue weighted by Gasteiger charge is -2.26. The molecule has 3 rings (SSSR count). The molecule has 2 aromatic carbocycles. The maximum atomic E-state index is 14.2. The van der Waals surface area contributed by atoms with Crippen LogP contribution in [0.15, 0.2) is 47.4 Å². The number of halogens is 1. The molecule has 0 saturated carbocycles. The monoisotopic (exact) mass is 390 g/mol. The third-order valence-electron chi connectivity index (χ3n) is 3.93. The minimum atomic E-state index is -4.10. The molecule has 0 amide bonds. The van der Waals surface area contributed by atoms with Crippen molar-refractivity contribution in [3.8, 4) is 11.8 Å². The molecular formula is C18H15FN2O5S. The SMILES string of the molecule is N#Cc1cccc(OC(=O)c2ccc(F)c(S(=O)(=O)N3CCOCC3)c2)c1. The third-order valence-corrected chi connectivity index (χ3v) is 5.84. The highest BCUT2D eigenvalue weighted by atomic mass is 32.2. The molecule has 1 fully saturated rings. The van der Waals surface area contributed by atoms with Gasteiger partial charge >= 0.3 is 5.97 Å². The Morgan fingerprint density at radius 3 is 2.63 bits per heavy atom. The Labute approximate surface area is 155 Å². The number of carbonyl (C=O) groups excluding carboxylic acids is 1. The normalized spacial score (nSPS) is 15.1. The lowest BCUT2D eigenvalue weighted by molar-refractivity contribution is 0.0726. The summed E-state index contributed by atoms with van der Waals surface area (Å²) in [5.41, 5.74) is 0.181. The van der Waals surface area contributed by atoms with Gasteiger partial charge in [-0.15, -0.1) is 0 Å². The van der Waals surface area contributed by atoms with Crippen LogP contribution in [-0.2, 0) is 14.8 Å². The Morgan fingerprint density at radius 1 is 1.19 bits per heavy atom. The van der Waals surface area contributed by atoms with Crippen LogP contribution in [0.3, 0.4) is 0 Å². The van der Waals surface area contributed by atoms with E-state index in [2.05, 4.69) is 0 Å². The van der Waals surface area contributed by atoms with Crippen molar-refractivity contribution >= 4 is 16.0 Å². The zero-order chi connectivity index (χ0) is 19.4. The summed E-state index contributed by atoms with van der Waals surface area (Å²) in [7, 11) is -4.10. The van der Waals surface area contributed by atoms with Crippen LogP contribution in [0.2, 0.25) is 0 Å². The molecule has 27 heavy (non-hydrogen) atoms. The summed E-state index contributed by atoms with van der Waals surface area (Å²) < 4.78 is 50.9. The van der Waals surface area contributed by atoms with Crippen LogP contribution in [0.1, 0.15) is 15.9 Å². The van der Waals surface area contributed by atoms with E-state index < -0.39 is 26.7 Å². The van der Waals surface area contributed by atoms with Gasteiger partial charge in [0.2, 0.25) is 10.0 Å².